The van der Waals surface area contributed by atoms with Gasteiger partial charge in [0, 0.05) is 48.5 Å². The molecule has 0 bridgehead atoms. The molecule has 0 unspecified atom stereocenters. The van der Waals surface area contributed by atoms with E-state index in [1.165, 1.54) is 0 Å². The second-order valence-corrected chi connectivity index (χ2v) is 8.12. The van der Waals surface area contributed by atoms with Gasteiger partial charge in [-0.25, -0.2) is 9.67 Å². The van der Waals surface area contributed by atoms with Gasteiger partial charge in [0.05, 0.1) is 18.3 Å². The van der Waals surface area contributed by atoms with Crippen LogP contribution in [0.5, 0.6) is 0 Å². The molecule has 4 aromatic rings. The molecule has 1 aliphatic rings. The van der Waals surface area contributed by atoms with Gasteiger partial charge in [0.25, 0.3) is 5.91 Å². The van der Waals surface area contributed by atoms with Crippen molar-refractivity contribution in [1.82, 2.24) is 19.7 Å². The van der Waals surface area contributed by atoms with E-state index in [2.05, 4.69) is 27.1 Å². The Labute approximate surface area is 185 Å². The summed E-state index contributed by atoms with van der Waals surface area (Å²) in [4.78, 5) is 21.8. The van der Waals surface area contributed by atoms with Gasteiger partial charge in [-0.05, 0) is 29.8 Å². The summed E-state index contributed by atoms with van der Waals surface area (Å²) in [5.74, 6) is 0.0101. The molecular formula is C24H22ClN5O. The third-order valence-corrected chi connectivity index (χ3v) is 5.87. The zero-order valence-electron chi connectivity index (χ0n) is 17.0. The smallest absolute Gasteiger partial charge is 0.255 e. The van der Waals surface area contributed by atoms with Crippen molar-refractivity contribution in [3.05, 3.63) is 89.2 Å². The van der Waals surface area contributed by atoms with Gasteiger partial charge in [0.2, 0.25) is 0 Å². The Morgan fingerprint density at radius 1 is 0.935 bits per heavy atom. The van der Waals surface area contributed by atoms with E-state index >= 15 is 0 Å². The number of hydrogen-bond donors (Lipinski definition) is 0. The third kappa shape index (κ3) is 4.11. The minimum atomic E-state index is 0.0101. The van der Waals surface area contributed by atoms with Gasteiger partial charge in [-0.2, -0.15) is 5.10 Å². The number of nitrogens with zero attached hydrogens (tertiary/aromatic N) is 5. The molecule has 0 aliphatic carbocycles. The number of pyridine rings is 1. The summed E-state index contributed by atoms with van der Waals surface area (Å²) < 4.78 is 1.86. The van der Waals surface area contributed by atoms with Gasteiger partial charge in [-0.1, -0.05) is 48.0 Å². The van der Waals surface area contributed by atoms with Gasteiger partial charge in [0.1, 0.15) is 0 Å². The summed E-state index contributed by atoms with van der Waals surface area (Å²) in [5.41, 5.74) is 3.63. The minimum absolute atomic E-state index is 0.0101. The van der Waals surface area contributed by atoms with Crippen LogP contribution in [0.15, 0.2) is 73.1 Å². The Bertz CT molecular complexity index is 1220. The van der Waals surface area contributed by atoms with Crippen LogP contribution in [0.3, 0.4) is 0 Å². The lowest BCUT2D eigenvalue weighted by atomic mass is 10.2. The first kappa shape index (κ1) is 19.6. The largest absolute Gasteiger partial charge is 0.368 e. The number of aromatic nitrogens is 3. The molecule has 2 aromatic heterocycles. The van der Waals surface area contributed by atoms with Crippen LogP contribution in [0, 0.1) is 0 Å². The highest BCUT2D eigenvalue weighted by Gasteiger charge is 2.23. The summed E-state index contributed by atoms with van der Waals surface area (Å²) in [5, 5.41) is 6.07. The standard InChI is InChI=1S/C24H22ClN5O/c25-21-7-4-8-22(14-21)28-9-11-29(12-10-28)24(31)20-13-19-16-27-30(23(19)26-15-20)17-18-5-2-1-3-6-18/h1-8,13-16H,9-12,17H2. The summed E-state index contributed by atoms with van der Waals surface area (Å²) in [6.45, 7) is 3.52. The van der Waals surface area contributed by atoms with Crippen molar-refractivity contribution in [3.8, 4) is 0 Å². The SMILES string of the molecule is O=C(c1cnc2c(cnn2Cc2ccccc2)c1)N1CCN(c2cccc(Cl)c2)CC1. The lowest BCUT2D eigenvalue weighted by molar-refractivity contribution is 0.0746. The predicted molar refractivity (Wildman–Crippen MR) is 123 cm³/mol. The summed E-state index contributed by atoms with van der Waals surface area (Å²) in [7, 11) is 0. The normalized spacial score (nSPS) is 14.2. The monoisotopic (exact) mass is 431 g/mol. The first-order valence-corrected chi connectivity index (χ1v) is 10.7. The molecule has 0 saturated carbocycles. The minimum Gasteiger partial charge on any atom is -0.368 e. The molecule has 6 nitrogen and oxygen atoms in total. The van der Waals surface area contributed by atoms with E-state index in [1.54, 1.807) is 12.4 Å². The van der Waals surface area contributed by atoms with Crippen molar-refractivity contribution in [2.45, 2.75) is 6.54 Å². The lowest BCUT2D eigenvalue weighted by Crippen LogP contribution is -2.48. The Hall–Kier alpha value is -3.38. The van der Waals surface area contributed by atoms with Crippen LogP contribution in [0.1, 0.15) is 15.9 Å². The van der Waals surface area contributed by atoms with Crippen molar-refractivity contribution >= 4 is 34.2 Å². The molecule has 0 spiro atoms. The molecule has 1 fully saturated rings. The third-order valence-electron chi connectivity index (χ3n) is 5.64. The molecule has 1 aliphatic heterocycles. The van der Waals surface area contributed by atoms with Crippen molar-refractivity contribution in [2.75, 3.05) is 31.1 Å². The van der Waals surface area contributed by atoms with E-state index in [0.29, 0.717) is 25.2 Å². The van der Waals surface area contributed by atoms with Crippen LogP contribution in [-0.2, 0) is 6.54 Å². The van der Waals surface area contributed by atoms with E-state index in [1.807, 2.05) is 58.1 Å². The molecular weight excluding hydrogens is 410 g/mol. The van der Waals surface area contributed by atoms with Crippen LogP contribution in [0.25, 0.3) is 11.0 Å². The molecule has 5 rings (SSSR count). The van der Waals surface area contributed by atoms with Crippen molar-refractivity contribution < 1.29 is 4.79 Å². The number of fused-ring (bicyclic) bond motifs is 1. The average Bonchev–Trinajstić information content (AvgIpc) is 3.21. The molecule has 0 radical (unpaired) electrons. The van der Waals surface area contributed by atoms with Crippen LogP contribution < -0.4 is 4.90 Å². The second kappa shape index (κ2) is 8.40. The number of halogens is 1. The van der Waals surface area contributed by atoms with Gasteiger partial charge in [0.15, 0.2) is 5.65 Å². The van der Waals surface area contributed by atoms with Crippen molar-refractivity contribution in [3.63, 3.8) is 0 Å². The maximum Gasteiger partial charge on any atom is 0.255 e. The van der Waals surface area contributed by atoms with Crippen molar-refractivity contribution in [1.29, 1.82) is 0 Å². The van der Waals surface area contributed by atoms with Crippen LogP contribution in [0.2, 0.25) is 5.02 Å². The molecule has 1 saturated heterocycles. The molecule has 3 heterocycles. The zero-order chi connectivity index (χ0) is 21.2. The molecule has 7 heteroatoms. The number of carbonyl (C=O) groups is 1. The molecule has 0 N–H and O–H groups in total. The van der Waals surface area contributed by atoms with Gasteiger partial charge in [-0.15, -0.1) is 0 Å². The average molecular weight is 432 g/mol. The Morgan fingerprint density at radius 2 is 1.74 bits per heavy atom. The Balaban J connectivity index is 1.28. The van der Waals surface area contributed by atoms with E-state index in [4.69, 9.17) is 11.6 Å². The highest BCUT2D eigenvalue weighted by atomic mass is 35.5. The zero-order valence-corrected chi connectivity index (χ0v) is 17.7. The maximum absolute atomic E-state index is 13.1. The number of anilines is 1. The van der Waals surface area contributed by atoms with E-state index in [-0.39, 0.29) is 5.91 Å². The van der Waals surface area contributed by atoms with E-state index < -0.39 is 0 Å². The number of benzene rings is 2. The Kier molecular flexibility index (Phi) is 5.30. The first-order chi connectivity index (χ1) is 15.2. The maximum atomic E-state index is 13.1. The highest BCUT2D eigenvalue weighted by Crippen LogP contribution is 2.22. The summed E-state index contributed by atoms with van der Waals surface area (Å²) >= 11 is 6.11. The number of amides is 1. The van der Waals surface area contributed by atoms with Crippen LogP contribution in [-0.4, -0.2) is 51.8 Å². The molecule has 0 atom stereocenters. The molecule has 1 amide bonds. The van der Waals surface area contributed by atoms with Crippen LogP contribution in [0.4, 0.5) is 5.69 Å². The lowest BCUT2D eigenvalue weighted by Gasteiger charge is -2.36. The fraction of sp³-hybridized carbons (Fsp3) is 0.208. The number of rotatable bonds is 4. The Morgan fingerprint density at radius 3 is 2.52 bits per heavy atom. The molecule has 2 aromatic carbocycles. The fourth-order valence-electron chi connectivity index (χ4n) is 3.98. The highest BCUT2D eigenvalue weighted by molar-refractivity contribution is 6.30. The number of hydrogen-bond acceptors (Lipinski definition) is 4. The van der Waals surface area contributed by atoms with E-state index in [0.717, 1.165) is 40.4 Å². The van der Waals surface area contributed by atoms with Gasteiger partial charge < -0.3 is 9.80 Å². The fourth-order valence-corrected chi connectivity index (χ4v) is 4.17. The molecule has 156 valence electrons. The number of piperazine rings is 1. The first-order valence-electron chi connectivity index (χ1n) is 10.3. The number of carbonyl (C=O) groups excluding carboxylic acids is 1. The summed E-state index contributed by atoms with van der Waals surface area (Å²) in [6, 6.07) is 19.9. The van der Waals surface area contributed by atoms with Gasteiger partial charge >= 0.3 is 0 Å². The van der Waals surface area contributed by atoms with Gasteiger partial charge in [-0.3, -0.25) is 4.79 Å². The van der Waals surface area contributed by atoms with Crippen molar-refractivity contribution in [2.24, 2.45) is 0 Å². The second-order valence-electron chi connectivity index (χ2n) is 7.68. The predicted octanol–water partition coefficient (Wildman–Crippen LogP) is 4.10. The van der Waals surface area contributed by atoms with Crippen LogP contribution >= 0.6 is 11.6 Å². The topological polar surface area (TPSA) is 54.3 Å². The summed E-state index contributed by atoms with van der Waals surface area (Å²) in [6.07, 6.45) is 3.44. The quantitative estimate of drug-likeness (QED) is 0.488. The van der Waals surface area contributed by atoms with E-state index in [9.17, 15) is 4.79 Å². The molecule has 31 heavy (non-hydrogen) atoms.